The minimum atomic E-state index is -0.795. The molecule has 0 aliphatic carbocycles. The Kier molecular flexibility index (Phi) is 4.60. The number of hydrogen-bond acceptors (Lipinski definition) is 3. The molecule has 0 spiro atoms. The van der Waals surface area contributed by atoms with Gasteiger partial charge in [-0.2, -0.15) is 0 Å². The van der Waals surface area contributed by atoms with Gasteiger partial charge < -0.3 is 0 Å². The van der Waals surface area contributed by atoms with Crippen molar-refractivity contribution < 1.29 is 8.78 Å². The van der Waals surface area contributed by atoms with E-state index in [0.29, 0.717) is 36.2 Å². The van der Waals surface area contributed by atoms with E-state index >= 15 is 0 Å². The van der Waals surface area contributed by atoms with E-state index in [1.54, 1.807) is 29.8 Å². The molecule has 0 fully saturated rings. The molecule has 0 saturated heterocycles. The fourth-order valence-electron chi connectivity index (χ4n) is 3.41. The van der Waals surface area contributed by atoms with Gasteiger partial charge in [0.2, 0.25) is 5.70 Å². The van der Waals surface area contributed by atoms with Gasteiger partial charge in [0.05, 0.1) is 24.8 Å². The zero-order valence-electron chi connectivity index (χ0n) is 14.9. The predicted octanol–water partition coefficient (Wildman–Crippen LogP) is 5.33. The van der Waals surface area contributed by atoms with Crippen LogP contribution in [0.4, 0.5) is 8.78 Å². The molecule has 0 aliphatic heterocycles. The van der Waals surface area contributed by atoms with Gasteiger partial charge in [-0.25, -0.2) is 23.7 Å². The van der Waals surface area contributed by atoms with Crippen molar-refractivity contribution in [3.8, 4) is 6.07 Å². The van der Waals surface area contributed by atoms with Crippen LogP contribution in [0.5, 0.6) is 0 Å². The number of thiophene rings is 2. The molecule has 3 nitrogen and oxygen atoms in total. The summed E-state index contributed by atoms with van der Waals surface area (Å²) in [4.78, 5) is 6.88. The topological polar surface area (TPSA) is 32.5 Å². The molecule has 138 valence electrons. The lowest BCUT2D eigenvalue weighted by molar-refractivity contribution is 0.575. The quantitative estimate of drug-likeness (QED) is 0.385. The summed E-state index contributed by atoms with van der Waals surface area (Å²) < 4.78 is 30.7. The molecule has 0 N–H and O–H groups in total. The van der Waals surface area contributed by atoms with E-state index in [-0.39, 0.29) is 17.0 Å². The van der Waals surface area contributed by atoms with E-state index in [1.165, 1.54) is 34.8 Å². The van der Waals surface area contributed by atoms with Gasteiger partial charge in [-0.3, -0.25) is 0 Å². The molecule has 0 amide bonds. The van der Waals surface area contributed by atoms with Gasteiger partial charge in [-0.1, -0.05) is 0 Å². The average molecular weight is 417 g/mol. The number of nitriles is 1. The summed E-state index contributed by atoms with van der Waals surface area (Å²) in [6, 6.07) is 7.87. The van der Waals surface area contributed by atoms with Crippen LogP contribution in [0.3, 0.4) is 0 Å². The molecule has 0 bridgehead atoms. The molecule has 29 heavy (non-hydrogen) atoms. The maximum Gasteiger partial charge on any atom is 0.271 e. The fourth-order valence-corrected chi connectivity index (χ4v) is 5.34. The Morgan fingerprint density at radius 1 is 0.966 bits per heavy atom. The largest absolute Gasteiger partial charge is 0.271 e. The smallest absolute Gasteiger partial charge is 0.237 e. The van der Waals surface area contributed by atoms with Crippen molar-refractivity contribution in [1.29, 1.82) is 5.26 Å². The Bertz CT molecular complexity index is 1470. The molecular weight excluding hydrogens is 408 g/mol. The summed E-state index contributed by atoms with van der Waals surface area (Å²) in [5.74, 6) is -1.59. The van der Waals surface area contributed by atoms with Gasteiger partial charge >= 0.3 is 0 Å². The van der Waals surface area contributed by atoms with Crippen LogP contribution in [0, 0.1) is 43.0 Å². The summed E-state index contributed by atoms with van der Waals surface area (Å²) in [7, 11) is 0. The van der Waals surface area contributed by atoms with Crippen LogP contribution in [-0.4, -0.2) is 0 Å². The second kappa shape index (κ2) is 7.11. The summed E-state index contributed by atoms with van der Waals surface area (Å²) in [5, 5.41) is 15.1. The van der Waals surface area contributed by atoms with Crippen LogP contribution in [0.2, 0.25) is 0 Å². The van der Waals surface area contributed by atoms with Crippen molar-refractivity contribution in [3.05, 3.63) is 91.1 Å². The predicted molar refractivity (Wildman–Crippen MR) is 112 cm³/mol. The highest BCUT2D eigenvalue weighted by atomic mass is 32.1. The monoisotopic (exact) mass is 417 g/mol. The van der Waals surface area contributed by atoms with Gasteiger partial charge in [0.25, 0.3) is 5.70 Å². The molecule has 2 heterocycles. The Hall–Kier alpha value is -3.57. The van der Waals surface area contributed by atoms with Crippen LogP contribution in [0.1, 0.15) is 11.1 Å². The van der Waals surface area contributed by atoms with E-state index in [4.69, 9.17) is 13.1 Å². The summed E-state index contributed by atoms with van der Waals surface area (Å²) in [6.45, 7) is 16.6. The highest BCUT2D eigenvalue weighted by Gasteiger charge is 2.20. The third-order valence-electron chi connectivity index (χ3n) is 4.55. The maximum absolute atomic E-state index is 14.7. The van der Waals surface area contributed by atoms with Crippen molar-refractivity contribution in [1.82, 2.24) is 0 Å². The number of halogens is 2. The lowest BCUT2D eigenvalue weighted by Gasteiger charge is -2.08. The van der Waals surface area contributed by atoms with Crippen LogP contribution in [0.25, 0.3) is 41.3 Å². The SMILES string of the molecule is [C-]#[N+]/C(C#N)=c1/c2ccsc2/c(=C(/[N+]#[C-])c2c(F)cc(C)cc2F)c2ccsc12. The van der Waals surface area contributed by atoms with Crippen LogP contribution in [-0.2, 0) is 0 Å². The second-order valence-electron chi connectivity index (χ2n) is 6.21. The second-order valence-corrected chi connectivity index (χ2v) is 8.05. The molecule has 0 unspecified atom stereocenters. The first-order valence-electron chi connectivity index (χ1n) is 8.27. The zero-order chi connectivity index (χ0) is 20.7. The zero-order valence-corrected chi connectivity index (χ0v) is 16.5. The van der Waals surface area contributed by atoms with Crippen LogP contribution < -0.4 is 10.4 Å². The number of fused-ring (bicyclic) bond motifs is 2. The first-order chi connectivity index (χ1) is 14.0. The molecule has 0 aliphatic rings. The number of hydrogen-bond donors (Lipinski definition) is 0. The van der Waals surface area contributed by atoms with Crippen molar-refractivity contribution >= 4 is 54.2 Å². The van der Waals surface area contributed by atoms with Crippen molar-refractivity contribution in [2.45, 2.75) is 6.92 Å². The Morgan fingerprint density at radius 3 is 2.03 bits per heavy atom. The number of benzene rings is 2. The summed E-state index contributed by atoms with van der Waals surface area (Å²) >= 11 is 2.63. The molecule has 0 saturated carbocycles. The standard InChI is InChI=1S/C22H9F2N3S2/c1-11-8-14(23)19(15(24)9-11)20(27-3)18-13-5-7-28-21(13)17(16(10-25)26-2)12-4-6-29-22(12)18/h4-9H,1H3/b17-16-,20-18+. The molecule has 2 aromatic heterocycles. The lowest BCUT2D eigenvalue weighted by Crippen LogP contribution is -2.16. The van der Waals surface area contributed by atoms with Crippen molar-refractivity contribution in [2.24, 2.45) is 0 Å². The van der Waals surface area contributed by atoms with E-state index in [1.807, 2.05) is 6.07 Å². The van der Waals surface area contributed by atoms with Crippen molar-refractivity contribution in [3.63, 3.8) is 0 Å². The van der Waals surface area contributed by atoms with Crippen LogP contribution >= 0.6 is 22.7 Å². The van der Waals surface area contributed by atoms with Gasteiger partial charge in [-0.05, 0) is 58.3 Å². The molecule has 0 atom stereocenters. The molecular formula is C22H9F2N3S2. The summed E-state index contributed by atoms with van der Waals surface area (Å²) in [6.07, 6.45) is 0. The third-order valence-corrected chi connectivity index (χ3v) is 6.41. The molecule has 7 heteroatoms. The minimum absolute atomic E-state index is 0.0514. The fraction of sp³-hybridized carbons (Fsp3) is 0.0455. The van der Waals surface area contributed by atoms with Crippen LogP contribution in [0.15, 0.2) is 35.0 Å². The van der Waals surface area contributed by atoms with E-state index < -0.39 is 11.6 Å². The first kappa shape index (κ1) is 18.8. The average Bonchev–Trinajstić information content (AvgIpc) is 3.35. The van der Waals surface area contributed by atoms with Crippen molar-refractivity contribution in [2.75, 3.05) is 0 Å². The lowest BCUT2D eigenvalue weighted by atomic mass is 10.0. The Labute approximate surface area is 172 Å². The Balaban J connectivity index is 2.39. The minimum Gasteiger partial charge on any atom is -0.237 e. The van der Waals surface area contributed by atoms with E-state index in [0.717, 1.165) is 0 Å². The molecule has 4 aromatic rings. The number of nitrogens with zero attached hydrogens (tertiary/aromatic N) is 3. The number of aryl methyl sites for hydroxylation is 1. The van der Waals surface area contributed by atoms with E-state index in [2.05, 4.69) is 9.69 Å². The van der Waals surface area contributed by atoms with Gasteiger partial charge in [-0.15, -0.1) is 22.7 Å². The van der Waals surface area contributed by atoms with Gasteiger partial charge in [0.15, 0.2) is 0 Å². The highest BCUT2D eigenvalue weighted by molar-refractivity contribution is 7.18. The van der Waals surface area contributed by atoms with Gasteiger partial charge in [0, 0.05) is 19.8 Å². The molecule has 0 radical (unpaired) electrons. The Morgan fingerprint density at radius 2 is 1.52 bits per heavy atom. The third kappa shape index (κ3) is 2.79. The number of rotatable bonds is 1. The highest BCUT2D eigenvalue weighted by Crippen LogP contribution is 2.28. The molecule has 4 rings (SSSR count). The molecule has 2 aromatic carbocycles. The van der Waals surface area contributed by atoms with E-state index in [9.17, 15) is 14.0 Å². The summed E-state index contributed by atoms with van der Waals surface area (Å²) in [5.41, 5.74) is -0.112. The maximum atomic E-state index is 14.7. The first-order valence-corrected chi connectivity index (χ1v) is 10.0. The normalized spacial score (nSPS) is 13.0. The van der Waals surface area contributed by atoms with Gasteiger partial charge in [0.1, 0.15) is 11.6 Å².